The SMILES string of the molecule is Cn1cc2c(nc(NC(=O)Nc3ccc(CC(=O)OCCOCCOCCN)cc3)n3nc(-c4ccco4)nc23)n1. The smallest absolute Gasteiger partial charge is 0.326 e. The Kier molecular flexibility index (Phi) is 8.78. The number of nitrogens with zero attached hydrogens (tertiary/aromatic N) is 6. The maximum Gasteiger partial charge on any atom is 0.326 e. The molecule has 0 atom stereocenters. The summed E-state index contributed by atoms with van der Waals surface area (Å²) >= 11 is 0. The number of fused-ring (bicyclic) bond motifs is 3. The van der Waals surface area contributed by atoms with E-state index < -0.39 is 6.03 Å². The first-order valence-electron chi connectivity index (χ1n) is 12.8. The molecule has 0 spiro atoms. The molecular weight excluding hydrogens is 534 g/mol. The van der Waals surface area contributed by atoms with E-state index in [1.165, 1.54) is 10.8 Å². The summed E-state index contributed by atoms with van der Waals surface area (Å²) < 4.78 is 24.2. The largest absolute Gasteiger partial charge is 0.463 e. The van der Waals surface area contributed by atoms with Crippen LogP contribution in [0.15, 0.2) is 53.3 Å². The van der Waals surface area contributed by atoms with Gasteiger partial charge in [-0.25, -0.2) is 9.78 Å². The van der Waals surface area contributed by atoms with Gasteiger partial charge in [0.15, 0.2) is 17.1 Å². The molecule has 214 valence electrons. The zero-order valence-electron chi connectivity index (χ0n) is 22.3. The Hall–Kier alpha value is -4.86. The molecule has 0 aliphatic rings. The van der Waals surface area contributed by atoms with Crippen molar-refractivity contribution in [2.75, 3.05) is 50.2 Å². The predicted molar refractivity (Wildman–Crippen MR) is 147 cm³/mol. The van der Waals surface area contributed by atoms with E-state index in [1.807, 2.05) is 0 Å². The van der Waals surface area contributed by atoms with Crippen LogP contribution in [0.25, 0.3) is 28.3 Å². The maximum absolute atomic E-state index is 12.8. The number of ether oxygens (including phenoxy) is 3. The number of benzene rings is 1. The summed E-state index contributed by atoms with van der Waals surface area (Å²) in [5.41, 5.74) is 7.43. The Bertz CT molecular complexity index is 1610. The van der Waals surface area contributed by atoms with Crippen LogP contribution in [-0.4, -0.2) is 80.9 Å². The van der Waals surface area contributed by atoms with Gasteiger partial charge in [0, 0.05) is 25.5 Å². The van der Waals surface area contributed by atoms with E-state index >= 15 is 0 Å². The molecule has 5 aromatic rings. The number of esters is 1. The van der Waals surface area contributed by atoms with Gasteiger partial charge in [0.25, 0.3) is 0 Å². The number of urea groups is 1. The average molecular weight is 564 g/mol. The quantitative estimate of drug-likeness (QED) is 0.140. The lowest BCUT2D eigenvalue weighted by molar-refractivity contribution is -0.144. The van der Waals surface area contributed by atoms with Crippen LogP contribution >= 0.6 is 0 Å². The van der Waals surface area contributed by atoms with Gasteiger partial charge in [0.05, 0.1) is 44.5 Å². The fourth-order valence-corrected chi connectivity index (χ4v) is 3.90. The van der Waals surface area contributed by atoms with Crippen LogP contribution in [0.4, 0.5) is 16.4 Å². The standard InChI is InChI=1S/C26H29N9O6/c1-34-16-19-22(32-34)30-25(35-24(19)29-23(33-35)20-3-2-9-40-20)31-26(37)28-18-6-4-17(5-7-18)15-21(36)41-14-13-39-12-11-38-10-8-27/h2-7,9,16H,8,10-15,27H2,1H3,(H2,28,30,31,32,37). The number of aryl methyl sites for hydroxylation is 1. The second-order valence-electron chi connectivity index (χ2n) is 8.81. The first-order valence-corrected chi connectivity index (χ1v) is 12.8. The molecule has 0 saturated heterocycles. The Morgan fingerprint density at radius 1 is 0.976 bits per heavy atom. The molecular formula is C26H29N9O6. The van der Waals surface area contributed by atoms with Crippen LogP contribution in [-0.2, 0) is 32.5 Å². The number of anilines is 2. The molecule has 4 aromatic heterocycles. The summed E-state index contributed by atoms with van der Waals surface area (Å²) in [6.45, 7) is 2.22. The highest BCUT2D eigenvalue weighted by Crippen LogP contribution is 2.24. The molecule has 0 saturated carbocycles. The van der Waals surface area contributed by atoms with Crippen molar-refractivity contribution < 1.29 is 28.2 Å². The van der Waals surface area contributed by atoms with Gasteiger partial charge < -0.3 is 29.7 Å². The minimum Gasteiger partial charge on any atom is -0.463 e. The minimum atomic E-state index is -0.551. The monoisotopic (exact) mass is 563 g/mol. The topological polar surface area (TPSA) is 186 Å². The van der Waals surface area contributed by atoms with E-state index in [9.17, 15) is 9.59 Å². The first-order chi connectivity index (χ1) is 20.0. The summed E-state index contributed by atoms with van der Waals surface area (Å²) in [4.78, 5) is 34.0. The molecule has 0 fully saturated rings. The van der Waals surface area contributed by atoms with Gasteiger partial charge in [-0.1, -0.05) is 12.1 Å². The number of nitrogens with two attached hydrogens (primary N) is 1. The molecule has 15 nitrogen and oxygen atoms in total. The second-order valence-corrected chi connectivity index (χ2v) is 8.81. The van der Waals surface area contributed by atoms with Crippen molar-refractivity contribution >= 4 is 40.3 Å². The van der Waals surface area contributed by atoms with Gasteiger partial charge >= 0.3 is 12.0 Å². The number of carbonyl (C=O) groups is 2. The molecule has 41 heavy (non-hydrogen) atoms. The lowest BCUT2D eigenvalue weighted by atomic mass is 10.1. The molecule has 15 heteroatoms. The Labute approximate surface area is 233 Å². The van der Waals surface area contributed by atoms with Gasteiger partial charge in [-0.15, -0.1) is 5.10 Å². The molecule has 1 aromatic carbocycles. The zero-order valence-corrected chi connectivity index (χ0v) is 22.3. The van der Waals surface area contributed by atoms with Gasteiger partial charge in [-0.05, 0) is 29.8 Å². The van der Waals surface area contributed by atoms with E-state index in [0.29, 0.717) is 60.3 Å². The molecule has 0 radical (unpaired) electrons. The predicted octanol–water partition coefficient (Wildman–Crippen LogP) is 1.99. The molecule has 0 aliphatic carbocycles. The number of rotatable bonds is 13. The Balaban J connectivity index is 1.16. The van der Waals surface area contributed by atoms with Crippen molar-refractivity contribution in [2.45, 2.75) is 6.42 Å². The number of nitrogens with one attached hydrogen (secondary N) is 2. The van der Waals surface area contributed by atoms with E-state index in [4.69, 9.17) is 24.4 Å². The molecule has 4 heterocycles. The molecule has 4 N–H and O–H groups in total. The normalized spacial score (nSPS) is 11.3. The lowest BCUT2D eigenvalue weighted by Gasteiger charge is -2.09. The number of hydrogen-bond acceptors (Lipinski definition) is 11. The van der Waals surface area contributed by atoms with Crippen LogP contribution in [0, 0.1) is 0 Å². The lowest BCUT2D eigenvalue weighted by Crippen LogP contribution is -2.22. The summed E-state index contributed by atoms with van der Waals surface area (Å²) in [5.74, 6) is 0.558. The van der Waals surface area contributed by atoms with Crippen LogP contribution in [0.2, 0.25) is 0 Å². The van der Waals surface area contributed by atoms with Crippen molar-refractivity contribution in [1.82, 2.24) is 29.4 Å². The number of hydrogen-bond donors (Lipinski definition) is 3. The highest BCUT2D eigenvalue weighted by molar-refractivity contribution is 6.00. The number of amides is 2. The summed E-state index contributed by atoms with van der Waals surface area (Å²) in [5, 5.41) is 14.9. The highest BCUT2D eigenvalue weighted by Gasteiger charge is 2.19. The second kappa shape index (κ2) is 13.0. The molecule has 0 bridgehead atoms. The third-order valence-corrected chi connectivity index (χ3v) is 5.72. The third-order valence-electron chi connectivity index (χ3n) is 5.72. The number of carbonyl (C=O) groups excluding carboxylic acids is 2. The van der Waals surface area contributed by atoms with Crippen LogP contribution in [0.5, 0.6) is 0 Å². The maximum atomic E-state index is 12.8. The van der Waals surface area contributed by atoms with Crippen molar-refractivity contribution in [3.05, 3.63) is 54.4 Å². The summed E-state index contributed by atoms with van der Waals surface area (Å²) in [6, 6.07) is 9.74. The Morgan fingerprint density at radius 2 is 1.76 bits per heavy atom. The van der Waals surface area contributed by atoms with E-state index in [1.54, 1.807) is 54.3 Å². The van der Waals surface area contributed by atoms with Crippen LogP contribution in [0.1, 0.15) is 5.56 Å². The van der Waals surface area contributed by atoms with Gasteiger partial charge in [0.1, 0.15) is 6.61 Å². The fraction of sp³-hybridized carbons (Fsp3) is 0.308. The zero-order chi connectivity index (χ0) is 28.6. The number of aromatic nitrogens is 6. The van der Waals surface area contributed by atoms with Gasteiger partial charge in [0.2, 0.25) is 11.8 Å². The van der Waals surface area contributed by atoms with Crippen LogP contribution < -0.4 is 16.4 Å². The molecule has 5 rings (SSSR count). The molecule has 0 aliphatic heterocycles. The fourth-order valence-electron chi connectivity index (χ4n) is 3.90. The molecule has 2 amide bonds. The number of furan rings is 1. The Morgan fingerprint density at radius 3 is 2.51 bits per heavy atom. The third kappa shape index (κ3) is 7.02. The summed E-state index contributed by atoms with van der Waals surface area (Å²) in [6.07, 6.45) is 3.39. The van der Waals surface area contributed by atoms with Crippen molar-refractivity contribution in [3.8, 4) is 11.6 Å². The molecule has 0 unspecified atom stereocenters. The first kappa shape index (κ1) is 27.7. The van der Waals surface area contributed by atoms with E-state index in [-0.39, 0.29) is 31.6 Å². The van der Waals surface area contributed by atoms with Crippen molar-refractivity contribution in [3.63, 3.8) is 0 Å². The van der Waals surface area contributed by atoms with Gasteiger partial charge in [-0.2, -0.15) is 14.6 Å². The van der Waals surface area contributed by atoms with Gasteiger partial charge in [-0.3, -0.25) is 14.8 Å². The highest BCUT2D eigenvalue weighted by atomic mass is 16.6. The summed E-state index contributed by atoms with van der Waals surface area (Å²) in [7, 11) is 1.77. The van der Waals surface area contributed by atoms with Crippen molar-refractivity contribution in [1.29, 1.82) is 0 Å². The average Bonchev–Trinajstić information content (AvgIpc) is 3.71. The van der Waals surface area contributed by atoms with E-state index in [0.717, 1.165) is 5.56 Å². The van der Waals surface area contributed by atoms with Crippen LogP contribution in [0.3, 0.4) is 0 Å². The minimum absolute atomic E-state index is 0.0857. The van der Waals surface area contributed by atoms with Crippen molar-refractivity contribution in [2.24, 2.45) is 12.8 Å². The van der Waals surface area contributed by atoms with E-state index in [2.05, 4.69) is 30.8 Å².